The molecule has 114 valence electrons. The van der Waals surface area contributed by atoms with Crippen molar-refractivity contribution in [2.75, 3.05) is 39.3 Å². The molecule has 7 nitrogen and oxygen atoms in total. The average molecular weight is 292 g/mol. The monoisotopic (exact) mass is 292 g/mol. The van der Waals surface area contributed by atoms with E-state index in [9.17, 15) is 0 Å². The number of anilines is 1. The molecular formula is C14H20N4O3. The summed E-state index contributed by atoms with van der Waals surface area (Å²) in [6, 6.07) is 8.02. The lowest BCUT2D eigenvalue weighted by molar-refractivity contribution is 0.298. The van der Waals surface area contributed by atoms with Crippen LogP contribution < -0.4 is 19.7 Å². The van der Waals surface area contributed by atoms with Crippen LogP contribution in [0.2, 0.25) is 0 Å². The molecule has 1 aromatic carbocycles. The van der Waals surface area contributed by atoms with Crippen molar-refractivity contribution in [1.82, 2.24) is 15.5 Å². The molecular weight excluding hydrogens is 272 g/mol. The van der Waals surface area contributed by atoms with E-state index in [1.54, 1.807) is 7.11 Å². The number of nitrogens with zero attached hydrogens (tertiary/aromatic N) is 3. The van der Waals surface area contributed by atoms with Crippen LogP contribution in [0.15, 0.2) is 28.7 Å². The fourth-order valence-electron chi connectivity index (χ4n) is 1.75. The topological polar surface area (TPSA) is 72.7 Å². The number of aromatic nitrogens is 2. The second-order valence-electron chi connectivity index (χ2n) is 4.43. The van der Waals surface area contributed by atoms with E-state index in [1.165, 1.54) is 0 Å². The first-order chi connectivity index (χ1) is 10.2. The lowest BCUT2D eigenvalue weighted by atomic mass is 10.3. The Labute approximate surface area is 123 Å². The number of rotatable bonds is 8. The van der Waals surface area contributed by atoms with Crippen LogP contribution in [-0.4, -0.2) is 44.6 Å². The van der Waals surface area contributed by atoms with Gasteiger partial charge >= 0.3 is 6.01 Å². The highest BCUT2D eigenvalue weighted by Gasteiger charge is 2.10. The molecule has 2 aromatic rings. The Morgan fingerprint density at radius 2 is 2.00 bits per heavy atom. The van der Waals surface area contributed by atoms with Crippen molar-refractivity contribution in [1.29, 1.82) is 0 Å². The molecule has 7 heteroatoms. The first-order valence-corrected chi connectivity index (χ1v) is 6.68. The maximum Gasteiger partial charge on any atom is 0.318 e. The maximum atomic E-state index is 5.71. The van der Waals surface area contributed by atoms with E-state index in [0.717, 1.165) is 5.75 Å². The highest BCUT2D eigenvalue weighted by molar-refractivity contribution is 5.39. The van der Waals surface area contributed by atoms with E-state index in [1.807, 2.05) is 43.3 Å². The number of likely N-dealkylation sites (N-methyl/N-ethyl adjacent to an activating group) is 1. The van der Waals surface area contributed by atoms with Crippen molar-refractivity contribution >= 4 is 6.01 Å². The zero-order chi connectivity index (χ0) is 15.1. The zero-order valence-corrected chi connectivity index (χ0v) is 12.5. The summed E-state index contributed by atoms with van der Waals surface area (Å²) in [5, 5.41) is 10.9. The van der Waals surface area contributed by atoms with Gasteiger partial charge in [-0.2, -0.15) is 0 Å². The van der Waals surface area contributed by atoms with E-state index in [2.05, 4.69) is 15.5 Å². The minimum atomic E-state index is 0.476. The number of methoxy groups -OCH3 is 1. The van der Waals surface area contributed by atoms with E-state index >= 15 is 0 Å². The van der Waals surface area contributed by atoms with Crippen molar-refractivity contribution in [2.24, 2.45) is 0 Å². The van der Waals surface area contributed by atoms with E-state index in [0.29, 0.717) is 37.4 Å². The minimum absolute atomic E-state index is 0.476. The van der Waals surface area contributed by atoms with Gasteiger partial charge in [-0.15, -0.1) is 5.10 Å². The molecule has 0 aliphatic rings. The molecule has 0 saturated heterocycles. The van der Waals surface area contributed by atoms with Gasteiger partial charge in [-0.3, -0.25) is 0 Å². The van der Waals surface area contributed by atoms with Crippen molar-refractivity contribution in [3.63, 3.8) is 0 Å². The van der Waals surface area contributed by atoms with Crippen LogP contribution >= 0.6 is 0 Å². The summed E-state index contributed by atoms with van der Waals surface area (Å²) in [6.45, 7) is 1.67. The lowest BCUT2D eigenvalue weighted by Gasteiger charge is -2.15. The summed E-state index contributed by atoms with van der Waals surface area (Å²) in [6.07, 6.45) is 0. The lowest BCUT2D eigenvalue weighted by Crippen LogP contribution is -2.24. The molecule has 0 radical (unpaired) electrons. The number of benzene rings is 1. The summed E-state index contributed by atoms with van der Waals surface area (Å²) in [4.78, 5) is 1.85. The van der Waals surface area contributed by atoms with Gasteiger partial charge in [-0.25, -0.2) is 0 Å². The summed E-state index contributed by atoms with van der Waals surface area (Å²) < 4.78 is 16.4. The molecule has 0 bridgehead atoms. The Morgan fingerprint density at radius 1 is 1.24 bits per heavy atom. The minimum Gasteiger partial charge on any atom is -0.493 e. The molecule has 1 N–H and O–H groups in total. The molecule has 1 aromatic heterocycles. The number of hydrogen-bond donors (Lipinski definition) is 1. The van der Waals surface area contributed by atoms with Crippen molar-refractivity contribution in [3.8, 4) is 11.5 Å². The molecule has 0 unspecified atom stereocenters. The molecule has 21 heavy (non-hydrogen) atoms. The Balaban J connectivity index is 1.84. The fourth-order valence-corrected chi connectivity index (χ4v) is 1.75. The van der Waals surface area contributed by atoms with Gasteiger partial charge in [0.1, 0.15) is 6.61 Å². The molecule has 0 aliphatic heterocycles. The van der Waals surface area contributed by atoms with Gasteiger partial charge in [0.2, 0.25) is 5.89 Å². The molecule has 0 saturated carbocycles. The second kappa shape index (κ2) is 7.49. The normalized spacial score (nSPS) is 10.4. The smallest absolute Gasteiger partial charge is 0.318 e. The van der Waals surface area contributed by atoms with Crippen LogP contribution in [0.25, 0.3) is 0 Å². The van der Waals surface area contributed by atoms with Gasteiger partial charge in [0, 0.05) is 7.05 Å². The number of ether oxygens (including phenoxy) is 2. The van der Waals surface area contributed by atoms with Gasteiger partial charge in [-0.05, 0) is 19.2 Å². The zero-order valence-electron chi connectivity index (χ0n) is 12.5. The Hall–Kier alpha value is -2.28. The van der Waals surface area contributed by atoms with Crippen molar-refractivity contribution in [3.05, 3.63) is 30.2 Å². The van der Waals surface area contributed by atoms with Crippen molar-refractivity contribution < 1.29 is 13.9 Å². The molecule has 0 spiro atoms. The molecule has 0 amide bonds. The van der Waals surface area contributed by atoms with E-state index < -0.39 is 0 Å². The van der Waals surface area contributed by atoms with Gasteiger partial charge in [0.15, 0.2) is 11.5 Å². The van der Waals surface area contributed by atoms with Gasteiger partial charge < -0.3 is 24.1 Å². The van der Waals surface area contributed by atoms with Gasteiger partial charge in [0.25, 0.3) is 0 Å². The Morgan fingerprint density at radius 3 is 2.71 bits per heavy atom. The van der Waals surface area contributed by atoms with Crippen LogP contribution in [0.5, 0.6) is 11.5 Å². The third-order valence-electron chi connectivity index (χ3n) is 2.86. The SMILES string of the molecule is CNCc1nnc(N(C)CCOc2ccccc2OC)o1. The molecule has 0 fully saturated rings. The van der Waals surface area contributed by atoms with E-state index in [4.69, 9.17) is 13.9 Å². The van der Waals surface area contributed by atoms with Crippen LogP contribution in [0.3, 0.4) is 0 Å². The first kappa shape index (κ1) is 15.1. The predicted molar refractivity (Wildman–Crippen MR) is 78.8 cm³/mol. The van der Waals surface area contributed by atoms with Gasteiger partial charge in [0.05, 0.1) is 20.2 Å². The first-order valence-electron chi connectivity index (χ1n) is 6.68. The summed E-state index contributed by atoms with van der Waals surface area (Å²) in [5.74, 6) is 1.99. The molecule has 0 aliphatic carbocycles. The predicted octanol–water partition coefficient (Wildman–Crippen LogP) is 1.31. The number of hydrogen-bond acceptors (Lipinski definition) is 7. The summed E-state index contributed by atoms with van der Waals surface area (Å²) >= 11 is 0. The highest BCUT2D eigenvalue weighted by Crippen LogP contribution is 2.25. The number of para-hydroxylation sites is 2. The summed E-state index contributed by atoms with van der Waals surface area (Å²) in [5.41, 5.74) is 0. The second-order valence-corrected chi connectivity index (χ2v) is 4.43. The van der Waals surface area contributed by atoms with Crippen LogP contribution in [0, 0.1) is 0 Å². The maximum absolute atomic E-state index is 5.71. The van der Waals surface area contributed by atoms with Crippen LogP contribution in [0.4, 0.5) is 6.01 Å². The fraction of sp³-hybridized carbons (Fsp3) is 0.429. The molecule has 1 heterocycles. The van der Waals surface area contributed by atoms with E-state index in [-0.39, 0.29) is 0 Å². The largest absolute Gasteiger partial charge is 0.493 e. The van der Waals surface area contributed by atoms with Crippen LogP contribution in [0.1, 0.15) is 5.89 Å². The average Bonchev–Trinajstić information content (AvgIpc) is 2.97. The molecule has 0 atom stereocenters. The Kier molecular flexibility index (Phi) is 5.39. The Bertz CT molecular complexity index is 559. The standard InChI is InChI=1S/C14H20N4O3/c1-15-10-13-16-17-14(21-13)18(2)8-9-20-12-7-5-4-6-11(12)19-3/h4-7,15H,8-10H2,1-3H3. The quantitative estimate of drug-likeness (QED) is 0.786. The van der Waals surface area contributed by atoms with Crippen LogP contribution in [-0.2, 0) is 6.54 Å². The van der Waals surface area contributed by atoms with Gasteiger partial charge in [-0.1, -0.05) is 17.2 Å². The highest BCUT2D eigenvalue weighted by atomic mass is 16.5. The van der Waals surface area contributed by atoms with Crippen molar-refractivity contribution in [2.45, 2.75) is 6.54 Å². The third-order valence-corrected chi connectivity index (χ3v) is 2.86. The number of nitrogens with one attached hydrogen (secondary N) is 1. The third kappa shape index (κ3) is 4.09. The molecule has 2 rings (SSSR count). The summed E-state index contributed by atoms with van der Waals surface area (Å²) in [7, 11) is 5.33.